The van der Waals surface area contributed by atoms with Crippen LogP contribution >= 0.6 is 11.6 Å². The van der Waals surface area contributed by atoms with Crippen LogP contribution in [0.1, 0.15) is 25.3 Å². The maximum Gasteiger partial charge on any atom is 0.137 e. The normalized spacial score (nSPS) is 34.2. The summed E-state index contributed by atoms with van der Waals surface area (Å²) in [4.78, 5) is 11.4. The van der Waals surface area contributed by atoms with Gasteiger partial charge >= 0.3 is 0 Å². The Morgan fingerprint density at radius 1 is 1.11 bits per heavy atom. The van der Waals surface area contributed by atoms with Gasteiger partial charge in [-0.05, 0) is 31.2 Å². The quantitative estimate of drug-likeness (QED) is 0.242. The second-order valence-corrected chi connectivity index (χ2v) is 10.4. The zero-order valence-corrected chi connectivity index (χ0v) is 22.7. The predicted molar refractivity (Wildman–Crippen MR) is 144 cm³/mol. The molecule has 12 nitrogen and oxygen atoms in total. The van der Waals surface area contributed by atoms with E-state index in [1.807, 2.05) is 24.2 Å². The summed E-state index contributed by atoms with van der Waals surface area (Å²) < 4.78 is 5.23. The summed E-state index contributed by atoms with van der Waals surface area (Å²) in [7, 11) is 5.09. The van der Waals surface area contributed by atoms with Crippen molar-refractivity contribution >= 4 is 29.0 Å². The molecule has 1 aromatic carbocycles. The van der Waals surface area contributed by atoms with E-state index in [-0.39, 0.29) is 18.6 Å². The molecule has 6 N–H and O–H groups in total. The molecule has 0 aromatic heterocycles. The summed E-state index contributed by atoms with van der Waals surface area (Å²) in [6.45, 7) is 2.58. The molecule has 1 aliphatic carbocycles. The first-order valence-electron chi connectivity index (χ1n) is 12.7. The number of ether oxygens (including phenoxy) is 1. The van der Waals surface area contributed by atoms with E-state index in [2.05, 4.69) is 12.2 Å². The summed E-state index contributed by atoms with van der Waals surface area (Å²) in [5, 5.41) is 61.8. The number of aliphatic hydroxyl groups is 5. The molecule has 1 fully saturated rings. The van der Waals surface area contributed by atoms with Crippen molar-refractivity contribution in [2.45, 2.75) is 75.0 Å². The third-order valence-electron chi connectivity index (χ3n) is 7.34. The number of aliphatic hydroxyl groups excluding tert-OH is 5. The molecule has 210 valence electrons. The number of nitrogens with one attached hydrogen (secondary N) is 1. The molecule has 1 aromatic rings. The number of benzene rings is 1. The Hall–Kier alpha value is -2.32. The fourth-order valence-electron chi connectivity index (χ4n) is 5.33. The first-order chi connectivity index (χ1) is 18.1. The van der Waals surface area contributed by atoms with E-state index in [1.54, 1.807) is 25.1 Å². The van der Waals surface area contributed by atoms with Crippen molar-refractivity contribution in [2.24, 2.45) is 15.1 Å². The van der Waals surface area contributed by atoms with Crippen LogP contribution in [0.3, 0.4) is 0 Å². The van der Waals surface area contributed by atoms with E-state index >= 15 is 0 Å². The van der Waals surface area contributed by atoms with Crippen LogP contribution in [-0.2, 0) is 6.54 Å². The Kier molecular flexibility index (Phi) is 8.92. The van der Waals surface area contributed by atoms with E-state index < -0.39 is 36.6 Å². The highest BCUT2D eigenvalue weighted by Crippen LogP contribution is 2.28. The second-order valence-electron chi connectivity index (χ2n) is 10.0. The van der Waals surface area contributed by atoms with Gasteiger partial charge in [0.05, 0.1) is 37.0 Å². The van der Waals surface area contributed by atoms with E-state index in [1.165, 1.54) is 0 Å². The zero-order valence-electron chi connectivity index (χ0n) is 21.9. The van der Waals surface area contributed by atoms with Crippen molar-refractivity contribution < 1.29 is 30.3 Å². The second kappa shape index (κ2) is 11.8. The van der Waals surface area contributed by atoms with Crippen molar-refractivity contribution in [3.05, 3.63) is 28.8 Å². The highest BCUT2D eigenvalue weighted by atomic mass is 35.5. The van der Waals surface area contributed by atoms with Crippen LogP contribution in [-0.4, -0.2) is 129 Å². The predicted octanol–water partition coefficient (Wildman–Crippen LogP) is -0.794. The van der Waals surface area contributed by atoms with Crippen LogP contribution < -0.4 is 10.1 Å². The number of hydrogen-bond donors (Lipinski definition) is 6. The van der Waals surface area contributed by atoms with Gasteiger partial charge < -0.3 is 35.6 Å². The number of hydrazone groups is 1. The van der Waals surface area contributed by atoms with Gasteiger partial charge in [0.15, 0.2) is 0 Å². The molecule has 6 unspecified atom stereocenters. The Bertz CT molecular complexity index is 1090. The largest absolute Gasteiger partial charge is 0.495 e. The van der Waals surface area contributed by atoms with Gasteiger partial charge in [-0.15, -0.1) is 0 Å². The van der Waals surface area contributed by atoms with Crippen LogP contribution in [0.2, 0.25) is 5.02 Å². The van der Waals surface area contributed by atoms with Crippen LogP contribution in [0.15, 0.2) is 33.3 Å². The molecule has 2 heterocycles. The number of aliphatic imine (C=N–C) groups is 2. The van der Waals surface area contributed by atoms with Gasteiger partial charge in [0, 0.05) is 7.05 Å². The van der Waals surface area contributed by atoms with Crippen LogP contribution in [0.25, 0.3) is 0 Å². The maximum absolute atomic E-state index is 10.6. The lowest BCUT2D eigenvalue weighted by atomic mass is 9.82. The minimum absolute atomic E-state index is 0.147. The molecule has 3 aliphatic rings. The van der Waals surface area contributed by atoms with E-state index in [0.717, 1.165) is 24.1 Å². The van der Waals surface area contributed by atoms with Crippen molar-refractivity contribution in [1.29, 1.82) is 0 Å². The first kappa shape index (κ1) is 28.7. The number of likely N-dealkylation sites (N-methyl/N-ethyl adjacent to an activating group) is 2. The van der Waals surface area contributed by atoms with Crippen molar-refractivity contribution in [3.8, 4) is 5.75 Å². The van der Waals surface area contributed by atoms with Gasteiger partial charge in [-0.3, -0.25) is 19.9 Å². The Morgan fingerprint density at radius 3 is 2.37 bits per heavy atom. The molecule has 0 amide bonds. The molecule has 1 saturated carbocycles. The monoisotopic (exact) mass is 552 g/mol. The Morgan fingerprint density at radius 2 is 1.76 bits per heavy atom. The first-order valence-corrected chi connectivity index (χ1v) is 13.1. The SMILES string of the molecule is CCCC1=NN(C)C2C(=NCc3ccc(OC)c(Cl)c3)NC(CN(C)C3C(O)C(O)C(O)C(O)C3O)=NC12. The van der Waals surface area contributed by atoms with Crippen LogP contribution in [0.4, 0.5) is 0 Å². The molecule has 38 heavy (non-hydrogen) atoms. The average Bonchev–Trinajstić information content (AvgIpc) is 3.20. The van der Waals surface area contributed by atoms with Crippen LogP contribution in [0, 0.1) is 0 Å². The number of hydrogen-bond acceptors (Lipinski definition) is 11. The smallest absolute Gasteiger partial charge is 0.137 e. The molecule has 0 bridgehead atoms. The van der Waals surface area contributed by atoms with Crippen LogP contribution in [0.5, 0.6) is 5.75 Å². The number of halogens is 1. The fraction of sp³-hybridized carbons (Fsp3) is 0.640. The fourth-order valence-corrected chi connectivity index (χ4v) is 5.61. The average molecular weight is 553 g/mol. The van der Waals surface area contributed by atoms with Crippen molar-refractivity contribution in [2.75, 3.05) is 27.7 Å². The Balaban J connectivity index is 1.59. The van der Waals surface area contributed by atoms with Gasteiger partial charge in [-0.25, -0.2) is 0 Å². The number of fused-ring (bicyclic) bond motifs is 1. The van der Waals surface area contributed by atoms with Gasteiger partial charge in [0.2, 0.25) is 0 Å². The van der Waals surface area contributed by atoms with Gasteiger partial charge in [0.25, 0.3) is 0 Å². The number of methoxy groups -OCH3 is 1. The Labute approximate surface area is 226 Å². The molecular formula is C25H37ClN6O6. The lowest BCUT2D eigenvalue weighted by Crippen LogP contribution is -2.68. The third kappa shape index (κ3) is 5.53. The standard InChI is InChI=1S/C25H37ClN6O6/c1-5-6-14-17-18(32(3)30-14)25(27-10-12-7-8-15(38-4)13(26)9-12)29-16(28-17)11-31(2)19-20(33)22(35)24(37)23(36)21(19)34/h7-9,17-24,33-37H,5-6,10-11H2,1-4H3,(H,27,28,29). The van der Waals surface area contributed by atoms with Crippen molar-refractivity contribution in [3.63, 3.8) is 0 Å². The zero-order chi connectivity index (χ0) is 27.7. The minimum atomic E-state index is -1.65. The summed E-state index contributed by atoms with van der Waals surface area (Å²) in [6.07, 6.45) is -6.14. The van der Waals surface area contributed by atoms with E-state index in [0.29, 0.717) is 29.0 Å². The highest BCUT2D eigenvalue weighted by Gasteiger charge is 2.50. The summed E-state index contributed by atoms with van der Waals surface area (Å²) in [5.41, 5.74) is 1.83. The topological polar surface area (TPSA) is 166 Å². The summed E-state index contributed by atoms with van der Waals surface area (Å²) in [5.74, 6) is 1.78. The van der Waals surface area contributed by atoms with E-state index in [9.17, 15) is 25.5 Å². The number of nitrogens with zero attached hydrogens (tertiary/aromatic N) is 5. The molecule has 2 aliphatic heterocycles. The molecular weight excluding hydrogens is 516 g/mol. The molecule has 0 spiro atoms. The highest BCUT2D eigenvalue weighted by molar-refractivity contribution is 6.32. The molecule has 6 atom stereocenters. The lowest BCUT2D eigenvalue weighted by Gasteiger charge is -2.45. The van der Waals surface area contributed by atoms with E-state index in [4.69, 9.17) is 31.4 Å². The molecule has 0 radical (unpaired) electrons. The summed E-state index contributed by atoms with van der Waals surface area (Å²) in [6, 6.07) is 3.98. The molecule has 4 rings (SSSR count). The molecule has 13 heteroatoms. The summed E-state index contributed by atoms with van der Waals surface area (Å²) >= 11 is 6.29. The molecule has 0 saturated heterocycles. The van der Waals surface area contributed by atoms with Crippen molar-refractivity contribution in [1.82, 2.24) is 15.2 Å². The number of rotatable bonds is 8. The lowest BCUT2D eigenvalue weighted by molar-refractivity contribution is -0.205. The third-order valence-corrected chi connectivity index (χ3v) is 7.63. The van der Waals surface area contributed by atoms with Gasteiger partial charge in [0.1, 0.15) is 60.0 Å². The minimum Gasteiger partial charge on any atom is -0.495 e. The van der Waals surface area contributed by atoms with Gasteiger partial charge in [-0.1, -0.05) is 31.0 Å². The van der Waals surface area contributed by atoms with Gasteiger partial charge in [-0.2, -0.15) is 5.10 Å². The maximum atomic E-state index is 10.6. The number of amidine groups is 2.